The largest absolute Gasteiger partial charge is 0.507 e. The topological polar surface area (TPSA) is 42.2 Å². The third-order valence-electron chi connectivity index (χ3n) is 5.31. The van der Waals surface area contributed by atoms with Gasteiger partial charge in [-0.3, -0.25) is 4.79 Å². The van der Waals surface area contributed by atoms with Crippen molar-refractivity contribution in [3.8, 4) is 17.0 Å². The third kappa shape index (κ3) is 5.22. The molecule has 166 valence electrons. The summed E-state index contributed by atoms with van der Waals surface area (Å²) in [5.41, 5.74) is 2.93. The molecule has 0 fully saturated rings. The quantitative estimate of drug-likeness (QED) is 0.398. The van der Waals surface area contributed by atoms with Gasteiger partial charge in [0.25, 0.3) is 5.92 Å². The summed E-state index contributed by atoms with van der Waals surface area (Å²) in [7, 11) is 0. The molecule has 5 heteroatoms. The van der Waals surface area contributed by atoms with Crippen LogP contribution in [0.5, 0.6) is 5.75 Å². The molecular weight excluding hydrogens is 408 g/mol. The summed E-state index contributed by atoms with van der Waals surface area (Å²) in [6.07, 6.45) is 7.63. The number of hydrogen-bond acceptors (Lipinski definition) is 2. The van der Waals surface area contributed by atoms with Crippen molar-refractivity contribution in [2.45, 2.75) is 39.2 Å². The summed E-state index contributed by atoms with van der Waals surface area (Å²) < 4.78 is 29.6. The number of unbranched alkanes of at least 4 members (excludes halogenated alkanes) is 1. The molecule has 1 heterocycles. The average Bonchev–Trinajstić information content (AvgIpc) is 2.76. The molecule has 2 aromatic carbocycles. The Hall–Kier alpha value is -3.47. The number of rotatable bonds is 8. The van der Waals surface area contributed by atoms with E-state index in [4.69, 9.17) is 0 Å². The van der Waals surface area contributed by atoms with Crippen LogP contribution in [-0.2, 0) is 12.5 Å². The van der Waals surface area contributed by atoms with E-state index in [1.54, 1.807) is 10.8 Å². The van der Waals surface area contributed by atoms with Crippen LogP contribution in [0.3, 0.4) is 0 Å². The van der Waals surface area contributed by atoms with Crippen molar-refractivity contribution in [3.05, 3.63) is 106 Å². The maximum Gasteiger partial charge on any atom is 0.274 e. The molecule has 1 N–H and O–H groups in total. The van der Waals surface area contributed by atoms with Gasteiger partial charge in [0.2, 0.25) is 0 Å². The van der Waals surface area contributed by atoms with Gasteiger partial charge in [-0.1, -0.05) is 62.4 Å². The van der Waals surface area contributed by atoms with E-state index in [-0.39, 0.29) is 11.0 Å². The summed E-state index contributed by atoms with van der Waals surface area (Å²) in [5, 5.41) is 10.5. The van der Waals surface area contributed by atoms with Crippen LogP contribution >= 0.6 is 0 Å². The molecule has 0 saturated carbocycles. The second kappa shape index (κ2) is 9.77. The van der Waals surface area contributed by atoms with Crippen LogP contribution < -0.4 is 5.43 Å². The monoisotopic (exact) mass is 435 g/mol. The van der Waals surface area contributed by atoms with Crippen molar-refractivity contribution in [3.63, 3.8) is 0 Å². The molecule has 0 amide bonds. The SMILES string of the molecule is C=C/C(=C\CCC)c1ccc(Cn2ccc(=O)cc2-c2cccc(C(C)(F)F)c2O)cc1. The molecule has 0 aliphatic heterocycles. The standard InChI is InChI=1S/C27H27F2NO2/c1-4-6-8-20(5-2)21-13-11-19(12-14-21)18-30-16-15-22(31)17-25(30)23-9-7-10-24(26(23)32)27(3,28)29/h5,7-17,32H,2,4,6,18H2,1,3H3/b20-8+. The van der Waals surface area contributed by atoms with Crippen molar-refractivity contribution in [1.29, 1.82) is 0 Å². The Morgan fingerprint density at radius 1 is 1.16 bits per heavy atom. The van der Waals surface area contributed by atoms with Gasteiger partial charge in [0.05, 0.1) is 11.3 Å². The smallest absolute Gasteiger partial charge is 0.274 e. The number of benzene rings is 2. The van der Waals surface area contributed by atoms with Crippen molar-refractivity contribution in [2.75, 3.05) is 0 Å². The number of para-hydroxylation sites is 1. The summed E-state index contributed by atoms with van der Waals surface area (Å²) >= 11 is 0. The number of aromatic hydroxyl groups is 1. The highest BCUT2D eigenvalue weighted by molar-refractivity contribution is 5.73. The molecule has 0 radical (unpaired) electrons. The number of allylic oxidation sites excluding steroid dienone is 3. The van der Waals surface area contributed by atoms with Gasteiger partial charge >= 0.3 is 0 Å². The Labute approximate surface area is 187 Å². The predicted molar refractivity (Wildman–Crippen MR) is 126 cm³/mol. The molecule has 0 atom stereocenters. The summed E-state index contributed by atoms with van der Waals surface area (Å²) in [6.45, 7) is 7.15. The molecule has 0 bridgehead atoms. The molecule has 0 saturated heterocycles. The second-order valence-electron chi connectivity index (χ2n) is 7.81. The molecule has 0 aliphatic carbocycles. The highest BCUT2D eigenvalue weighted by atomic mass is 19.3. The van der Waals surface area contributed by atoms with Crippen molar-refractivity contribution < 1.29 is 13.9 Å². The highest BCUT2D eigenvalue weighted by Crippen LogP contribution is 2.39. The highest BCUT2D eigenvalue weighted by Gasteiger charge is 2.29. The number of hydrogen-bond donors (Lipinski definition) is 1. The number of aromatic nitrogens is 1. The number of nitrogens with zero attached hydrogens (tertiary/aromatic N) is 1. The molecule has 3 aromatic rings. The van der Waals surface area contributed by atoms with E-state index in [1.165, 1.54) is 30.3 Å². The average molecular weight is 436 g/mol. The number of alkyl halides is 2. The van der Waals surface area contributed by atoms with Crippen LogP contribution in [-0.4, -0.2) is 9.67 Å². The normalized spacial score (nSPS) is 12.1. The molecule has 3 nitrogen and oxygen atoms in total. The summed E-state index contributed by atoms with van der Waals surface area (Å²) in [4.78, 5) is 12.0. The van der Waals surface area contributed by atoms with E-state index in [0.717, 1.165) is 36.5 Å². The molecule has 0 unspecified atom stereocenters. The first-order valence-corrected chi connectivity index (χ1v) is 10.6. The maximum atomic E-state index is 13.9. The minimum Gasteiger partial charge on any atom is -0.507 e. The Bertz CT molecular complexity index is 1190. The Kier molecular flexibility index (Phi) is 7.08. The molecule has 0 spiro atoms. The fourth-order valence-electron chi connectivity index (χ4n) is 3.60. The first-order chi connectivity index (χ1) is 15.2. The zero-order chi connectivity index (χ0) is 23.3. The fourth-order valence-corrected chi connectivity index (χ4v) is 3.60. The predicted octanol–water partition coefficient (Wildman–Crippen LogP) is 6.75. The van der Waals surface area contributed by atoms with E-state index < -0.39 is 17.2 Å². The van der Waals surface area contributed by atoms with Gasteiger partial charge in [-0.05, 0) is 35.3 Å². The molecule has 32 heavy (non-hydrogen) atoms. The van der Waals surface area contributed by atoms with Gasteiger partial charge in [0, 0.05) is 37.4 Å². The molecular formula is C27H27F2NO2. The van der Waals surface area contributed by atoms with Gasteiger partial charge in [-0.2, -0.15) is 0 Å². The van der Waals surface area contributed by atoms with Crippen molar-refractivity contribution >= 4 is 5.57 Å². The van der Waals surface area contributed by atoms with Gasteiger partial charge in [-0.15, -0.1) is 0 Å². The lowest BCUT2D eigenvalue weighted by Crippen LogP contribution is -2.11. The third-order valence-corrected chi connectivity index (χ3v) is 5.31. The van der Waals surface area contributed by atoms with Crippen molar-refractivity contribution in [2.24, 2.45) is 0 Å². The van der Waals surface area contributed by atoms with E-state index in [0.29, 0.717) is 12.2 Å². The van der Waals surface area contributed by atoms with E-state index in [9.17, 15) is 18.7 Å². The lowest BCUT2D eigenvalue weighted by atomic mass is 10.0. The van der Waals surface area contributed by atoms with Crippen molar-refractivity contribution in [1.82, 2.24) is 4.57 Å². The summed E-state index contributed by atoms with van der Waals surface area (Å²) in [6, 6.07) is 14.9. The number of pyridine rings is 1. The van der Waals surface area contributed by atoms with E-state index >= 15 is 0 Å². The van der Waals surface area contributed by atoms with Crippen LogP contribution in [0.4, 0.5) is 8.78 Å². The minimum atomic E-state index is -3.20. The van der Waals surface area contributed by atoms with Gasteiger partial charge in [0.15, 0.2) is 5.43 Å². The van der Waals surface area contributed by atoms with Gasteiger partial charge in [-0.25, -0.2) is 8.78 Å². The summed E-state index contributed by atoms with van der Waals surface area (Å²) in [5.74, 6) is -3.73. The van der Waals surface area contributed by atoms with Crippen LogP contribution in [0.15, 0.2) is 84.3 Å². The number of phenolic OH excluding ortho intramolecular Hbond substituents is 1. The fraction of sp³-hybridized carbons (Fsp3) is 0.222. The molecule has 3 rings (SSSR count). The maximum absolute atomic E-state index is 13.9. The number of halogens is 2. The Morgan fingerprint density at radius 2 is 1.88 bits per heavy atom. The first-order valence-electron chi connectivity index (χ1n) is 10.6. The van der Waals surface area contributed by atoms with Crippen LogP contribution in [0.2, 0.25) is 0 Å². The zero-order valence-corrected chi connectivity index (χ0v) is 18.3. The minimum absolute atomic E-state index is 0.190. The lowest BCUT2D eigenvalue weighted by molar-refractivity contribution is 0.0152. The zero-order valence-electron chi connectivity index (χ0n) is 18.3. The van der Waals surface area contributed by atoms with Gasteiger partial charge in [0.1, 0.15) is 5.75 Å². The molecule has 0 aliphatic rings. The first kappa shape index (κ1) is 23.2. The Balaban J connectivity index is 1.99. The Morgan fingerprint density at radius 3 is 2.50 bits per heavy atom. The van der Waals surface area contributed by atoms with E-state index in [1.807, 2.05) is 30.3 Å². The van der Waals surface area contributed by atoms with Gasteiger partial charge < -0.3 is 9.67 Å². The second-order valence-corrected chi connectivity index (χ2v) is 7.81. The molecule has 1 aromatic heterocycles. The number of phenols is 1. The van der Waals surface area contributed by atoms with Crippen LogP contribution in [0.25, 0.3) is 16.8 Å². The lowest BCUT2D eigenvalue weighted by Gasteiger charge is -2.18. The van der Waals surface area contributed by atoms with Crippen LogP contribution in [0, 0.1) is 0 Å². The van der Waals surface area contributed by atoms with E-state index in [2.05, 4.69) is 19.6 Å². The van der Waals surface area contributed by atoms with Crippen LogP contribution in [0.1, 0.15) is 43.4 Å².